The SMILES string of the molecule is CC(=O)c1ccccc1NC(=O)c1ccc(S(=O)(=O)N(C)C)cc1. The molecule has 0 spiro atoms. The van der Waals surface area contributed by atoms with Gasteiger partial charge in [0.25, 0.3) is 5.91 Å². The lowest BCUT2D eigenvalue weighted by Gasteiger charge is -2.12. The van der Waals surface area contributed by atoms with Crippen LogP contribution in [0.2, 0.25) is 0 Å². The Morgan fingerprint density at radius 1 is 0.958 bits per heavy atom. The Morgan fingerprint density at radius 3 is 2.08 bits per heavy atom. The predicted molar refractivity (Wildman–Crippen MR) is 91.7 cm³/mol. The number of nitrogens with one attached hydrogen (secondary N) is 1. The van der Waals surface area contributed by atoms with Crippen LogP contribution in [0.1, 0.15) is 27.6 Å². The number of hydrogen-bond acceptors (Lipinski definition) is 4. The van der Waals surface area contributed by atoms with Gasteiger partial charge in [-0.15, -0.1) is 0 Å². The molecule has 0 aliphatic rings. The highest BCUT2D eigenvalue weighted by molar-refractivity contribution is 7.89. The molecule has 6 nitrogen and oxygen atoms in total. The fraction of sp³-hybridized carbons (Fsp3) is 0.176. The zero-order chi connectivity index (χ0) is 17.9. The monoisotopic (exact) mass is 346 g/mol. The van der Waals surface area contributed by atoms with E-state index in [4.69, 9.17) is 0 Å². The van der Waals surface area contributed by atoms with Crippen molar-refractivity contribution in [2.75, 3.05) is 19.4 Å². The Labute approximate surface area is 141 Å². The quantitative estimate of drug-likeness (QED) is 0.843. The average Bonchev–Trinajstić information content (AvgIpc) is 2.55. The van der Waals surface area contributed by atoms with Gasteiger partial charge in [-0.2, -0.15) is 0 Å². The summed E-state index contributed by atoms with van der Waals surface area (Å²) >= 11 is 0. The largest absolute Gasteiger partial charge is 0.321 e. The number of amides is 1. The number of benzene rings is 2. The van der Waals surface area contributed by atoms with Crippen LogP contribution in [0, 0.1) is 0 Å². The molecule has 0 heterocycles. The Hall–Kier alpha value is -2.51. The van der Waals surface area contributed by atoms with Crippen LogP contribution >= 0.6 is 0 Å². The van der Waals surface area contributed by atoms with Crippen molar-refractivity contribution in [2.45, 2.75) is 11.8 Å². The first-order valence-electron chi connectivity index (χ1n) is 7.17. The lowest BCUT2D eigenvalue weighted by atomic mass is 10.1. The molecule has 2 aromatic carbocycles. The minimum atomic E-state index is -3.54. The van der Waals surface area contributed by atoms with Crippen molar-refractivity contribution in [2.24, 2.45) is 0 Å². The van der Waals surface area contributed by atoms with Crippen LogP contribution in [-0.2, 0) is 10.0 Å². The molecule has 0 aliphatic carbocycles. The molecule has 0 aliphatic heterocycles. The molecular formula is C17H18N2O4S. The van der Waals surface area contributed by atoms with Crippen molar-refractivity contribution >= 4 is 27.4 Å². The van der Waals surface area contributed by atoms with Crippen molar-refractivity contribution in [3.63, 3.8) is 0 Å². The highest BCUT2D eigenvalue weighted by Crippen LogP contribution is 2.18. The van der Waals surface area contributed by atoms with Gasteiger partial charge in [-0.3, -0.25) is 9.59 Å². The summed E-state index contributed by atoms with van der Waals surface area (Å²) in [6.45, 7) is 1.42. The molecule has 0 unspecified atom stereocenters. The van der Waals surface area contributed by atoms with Crippen molar-refractivity contribution in [3.05, 3.63) is 59.7 Å². The van der Waals surface area contributed by atoms with E-state index in [-0.39, 0.29) is 10.7 Å². The Kier molecular flexibility index (Phi) is 5.16. The van der Waals surface area contributed by atoms with Crippen molar-refractivity contribution in [3.8, 4) is 0 Å². The Morgan fingerprint density at radius 2 is 1.54 bits per heavy atom. The minimum Gasteiger partial charge on any atom is -0.321 e. The minimum absolute atomic E-state index is 0.105. The summed E-state index contributed by atoms with van der Waals surface area (Å²) < 4.78 is 25.1. The third-order valence-corrected chi connectivity index (χ3v) is 5.28. The van der Waals surface area contributed by atoms with Crippen LogP contribution in [0.15, 0.2) is 53.4 Å². The maximum Gasteiger partial charge on any atom is 0.255 e. The molecule has 1 N–H and O–H groups in total. The highest BCUT2D eigenvalue weighted by Gasteiger charge is 2.18. The Balaban J connectivity index is 2.25. The topological polar surface area (TPSA) is 83.5 Å². The number of ketones is 1. The van der Waals surface area contributed by atoms with Crippen LogP contribution in [0.5, 0.6) is 0 Å². The van der Waals surface area contributed by atoms with E-state index >= 15 is 0 Å². The third-order valence-electron chi connectivity index (χ3n) is 3.45. The molecule has 0 saturated heterocycles. The molecule has 1 amide bonds. The third kappa shape index (κ3) is 3.69. The van der Waals surface area contributed by atoms with Crippen molar-refractivity contribution in [1.82, 2.24) is 4.31 Å². The molecule has 2 aromatic rings. The summed E-state index contributed by atoms with van der Waals surface area (Å²) in [7, 11) is -0.661. The molecule has 126 valence electrons. The van der Waals surface area contributed by atoms with Crippen molar-refractivity contribution in [1.29, 1.82) is 0 Å². The first-order valence-corrected chi connectivity index (χ1v) is 8.61. The number of anilines is 1. The van der Waals surface area contributed by atoms with Gasteiger partial charge >= 0.3 is 0 Å². The lowest BCUT2D eigenvalue weighted by Crippen LogP contribution is -2.22. The lowest BCUT2D eigenvalue weighted by molar-refractivity contribution is 0.101. The maximum atomic E-state index is 12.3. The van der Waals surface area contributed by atoms with E-state index < -0.39 is 15.9 Å². The molecule has 0 bridgehead atoms. The summed E-state index contributed by atoms with van der Waals surface area (Å²) in [5.74, 6) is -0.573. The van der Waals surface area contributed by atoms with Gasteiger partial charge in [0.05, 0.1) is 10.6 Å². The standard InChI is InChI=1S/C17H18N2O4S/c1-12(20)15-6-4-5-7-16(15)18-17(21)13-8-10-14(11-9-13)24(22,23)19(2)3/h4-11H,1-3H3,(H,18,21). The fourth-order valence-corrected chi connectivity index (χ4v) is 2.98. The molecule has 0 radical (unpaired) electrons. The summed E-state index contributed by atoms with van der Waals surface area (Å²) in [4.78, 5) is 24.0. The zero-order valence-electron chi connectivity index (χ0n) is 13.6. The van der Waals surface area contributed by atoms with Gasteiger partial charge in [-0.05, 0) is 43.3 Å². The number of hydrogen-bond donors (Lipinski definition) is 1. The van der Waals surface area contributed by atoms with Gasteiger partial charge in [0.2, 0.25) is 10.0 Å². The van der Waals surface area contributed by atoms with Gasteiger partial charge in [0, 0.05) is 25.2 Å². The number of carbonyl (C=O) groups is 2. The van der Waals surface area contributed by atoms with Crippen LogP contribution in [0.25, 0.3) is 0 Å². The number of Topliss-reactive ketones (excluding diaryl/α,β-unsaturated/α-hetero) is 1. The van der Waals surface area contributed by atoms with Crippen LogP contribution < -0.4 is 5.32 Å². The molecule has 0 saturated carbocycles. The summed E-state index contributed by atoms with van der Waals surface area (Å²) in [6.07, 6.45) is 0. The van der Waals surface area contributed by atoms with Gasteiger partial charge in [-0.25, -0.2) is 12.7 Å². The van der Waals surface area contributed by atoms with E-state index in [1.807, 2.05) is 0 Å². The molecule has 2 rings (SSSR count). The second-order valence-corrected chi connectivity index (χ2v) is 7.52. The van der Waals surface area contributed by atoms with Crippen LogP contribution in [-0.4, -0.2) is 38.5 Å². The number of carbonyl (C=O) groups excluding carboxylic acids is 2. The smallest absolute Gasteiger partial charge is 0.255 e. The number of para-hydroxylation sites is 1. The molecular weight excluding hydrogens is 328 g/mol. The zero-order valence-corrected chi connectivity index (χ0v) is 14.4. The molecule has 7 heteroatoms. The van der Waals surface area contributed by atoms with Gasteiger partial charge in [0.1, 0.15) is 0 Å². The summed E-state index contributed by atoms with van der Waals surface area (Å²) in [6, 6.07) is 12.3. The molecule has 0 atom stereocenters. The number of nitrogens with zero attached hydrogens (tertiary/aromatic N) is 1. The van der Waals surface area contributed by atoms with E-state index in [1.54, 1.807) is 24.3 Å². The summed E-state index contributed by atoms with van der Waals surface area (Å²) in [5, 5.41) is 2.67. The number of rotatable bonds is 5. The van der Waals surface area contributed by atoms with E-state index in [1.165, 1.54) is 45.3 Å². The maximum absolute atomic E-state index is 12.3. The first-order chi connectivity index (χ1) is 11.2. The average molecular weight is 346 g/mol. The van der Waals surface area contributed by atoms with E-state index in [0.29, 0.717) is 16.8 Å². The van der Waals surface area contributed by atoms with Gasteiger partial charge in [-0.1, -0.05) is 12.1 Å². The first kappa shape index (κ1) is 17.8. The van der Waals surface area contributed by atoms with Crippen molar-refractivity contribution < 1.29 is 18.0 Å². The molecule has 0 fully saturated rings. The van der Waals surface area contributed by atoms with E-state index in [2.05, 4.69) is 5.32 Å². The van der Waals surface area contributed by atoms with E-state index in [9.17, 15) is 18.0 Å². The molecule has 24 heavy (non-hydrogen) atoms. The van der Waals surface area contributed by atoms with Gasteiger partial charge < -0.3 is 5.32 Å². The fourth-order valence-electron chi connectivity index (χ4n) is 2.08. The van der Waals surface area contributed by atoms with Crippen LogP contribution in [0.3, 0.4) is 0 Å². The van der Waals surface area contributed by atoms with E-state index in [0.717, 1.165) is 4.31 Å². The predicted octanol–water partition coefficient (Wildman–Crippen LogP) is 2.39. The Bertz CT molecular complexity index is 872. The number of sulfonamides is 1. The normalized spacial score (nSPS) is 11.3. The molecule has 0 aromatic heterocycles. The highest BCUT2D eigenvalue weighted by atomic mass is 32.2. The second kappa shape index (κ2) is 6.94. The second-order valence-electron chi connectivity index (χ2n) is 5.37. The van der Waals surface area contributed by atoms with Crippen LogP contribution in [0.4, 0.5) is 5.69 Å². The van der Waals surface area contributed by atoms with Gasteiger partial charge in [0.15, 0.2) is 5.78 Å². The summed E-state index contributed by atoms with van der Waals surface area (Å²) in [5.41, 5.74) is 1.13.